The van der Waals surface area contributed by atoms with Crippen molar-refractivity contribution in [2.75, 3.05) is 51.3 Å². The fraction of sp³-hybridized carbons (Fsp3) is 0.588. The van der Waals surface area contributed by atoms with E-state index in [-0.39, 0.29) is 29.9 Å². The van der Waals surface area contributed by atoms with Crippen molar-refractivity contribution in [3.63, 3.8) is 0 Å². The van der Waals surface area contributed by atoms with Crippen LogP contribution in [0.25, 0.3) is 0 Å². The first-order valence-electron chi connectivity index (χ1n) is 8.67. The third-order valence-corrected chi connectivity index (χ3v) is 4.52. The molecular weight excluding hydrogens is 447 g/mol. The molecule has 0 aliphatic carbocycles. The first kappa shape index (κ1) is 20.7. The van der Waals surface area contributed by atoms with E-state index in [1.165, 1.54) is 5.57 Å². The summed E-state index contributed by atoms with van der Waals surface area (Å²) in [7, 11) is 3.61. The Morgan fingerprint density at radius 1 is 1.42 bits per heavy atom. The minimum absolute atomic E-state index is 0. The largest absolute Gasteiger partial charge is 0.377 e. The number of amides is 1. The molecule has 1 aromatic rings. The predicted octanol–water partition coefficient (Wildman–Crippen LogP) is 0.999. The molecular formula is C17H27IN6O2. The molecule has 0 bridgehead atoms. The maximum Gasteiger partial charge on any atom is 0.246 e. The van der Waals surface area contributed by atoms with Gasteiger partial charge in [-0.25, -0.2) is 0 Å². The van der Waals surface area contributed by atoms with Crippen LogP contribution in [0.3, 0.4) is 0 Å². The standard InChI is InChI=1S/C17H26N6O2.HI/c1-18-17(19-6-3-14-4-9-25-10-5-14)22-7-8-23(16(24)13-22)15-11-20-21(2)12-15;/h4,11-12H,3,5-10,13H2,1-2H3,(H,18,19);1H. The number of aromatic nitrogens is 2. The first-order valence-corrected chi connectivity index (χ1v) is 8.67. The van der Waals surface area contributed by atoms with E-state index in [0.29, 0.717) is 13.1 Å². The number of hydrogen-bond donors (Lipinski definition) is 1. The molecule has 0 spiro atoms. The van der Waals surface area contributed by atoms with E-state index in [1.807, 2.05) is 18.1 Å². The summed E-state index contributed by atoms with van der Waals surface area (Å²) < 4.78 is 7.04. The van der Waals surface area contributed by atoms with Gasteiger partial charge in [-0.15, -0.1) is 24.0 Å². The van der Waals surface area contributed by atoms with E-state index in [0.717, 1.165) is 50.8 Å². The summed E-state index contributed by atoms with van der Waals surface area (Å²) in [5, 5.41) is 7.51. The molecule has 8 nitrogen and oxygen atoms in total. The van der Waals surface area contributed by atoms with Crippen molar-refractivity contribution in [2.24, 2.45) is 12.0 Å². The molecule has 1 aromatic heterocycles. The van der Waals surface area contributed by atoms with Gasteiger partial charge in [-0.05, 0) is 12.8 Å². The van der Waals surface area contributed by atoms with Gasteiger partial charge < -0.3 is 19.9 Å². The van der Waals surface area contributed by atoms with Crippen LogP contribution in [0.5, 0.6) is 0 Å². The Labute approximate surface area is 171 Å². The number of rotatable bonds is 4. The molecule has 9 heteroatoms. The summed E-state index contributed by atoms with van der Waals surface area (Å²) >= 11 is 0. The van der Waals surface area contributed by atoms with Gasteiger partial charge in [-0.2, -0.15) is 5.10 Å². The van der Waals surface area contributed by atoms with Crippen molar-refractivity contribution in [1.82, 2.24) is 20.0 Å². The molecule has 0 unspecified atom stereocenters. The highest BCUT2D eigenvalue weighted by atomic mass is 127. The van der Waals surface area contributed by atoms with E-state index in [9.17, 15) is 4.79 Å². The molecule has 3 heterocycles. The fourth-order valence-corrected chi connectivity index (χ4v) is 3.13. The molecule has 0 radical (unpaired) electrons. The van der Waals surface area contributed by atoms with Gasteiger partial charge in [0.15, 0.2) is 5.96 Å². The second kappa shape index (κ2) is 9.91. The quantitative estimate of drug-likeness (QED) is 0.305. The molecule has 0 saturated carbocycles. The van der Waals surface area contributed by atoms with Crippen molar-refractivity contribution in [3.8, 4) is 0 Å². The summed E-state index contributed by atoms with van der Waals surface area (Å²) in [6.07, 6.45) is 7.73. The first-order chi connectivity index (χ1) is 12.2. The summed E-state index contributed by atoms with van der Waals surface area (Å²) in [6, 6.07) is 0. The Balaban J connectivity index is 0.00000243. The molecule has 2 aliphatic heterocycles. The summed E-state index contributed by atoms with van der Waals surface area (Å²) in [5.74, 6) is 0.848. The molecule has 1 amide bonds. The van der Waals surface area contributed by atoms with Crippen LogP contribution in [-0.2, 0) is 16.6 Å². The number of hydrogen-bond acceptors (Lipinski definition) is 4. The highest BCUT2D eigenvalue weighted by Crippen LogP contribution is 2.16. The average Bonchev–Trinajstić information content (AvgIpc) is 3.05. The summed E-state index contributed by atoms with van der Waals surface area (Å²) in [5.41, 5.74) is 2.27. The number of carbonyl (C=O) groups is 1. The highest BCUT2D eigenvalue weighted by molar-refractivity contribution is 14.0. The van der Waals surface area contributed by atoms with Crippen LogP contribution in [0.4, 0.5) is 5.69 Å². The Hall–Kier alpha value is -1.62. The zero-order chi connectivity index (χ0) is 17.6. The van der Waals surface area contributed by atoms with Crippen LogP contribution in [0, 0.1) is 0 Å². The lowest BCUT2D eigenvalue weighted by molar-refractivity contribution is -0.120. The lowest BCUT2D eigenvalue weighted by Gasteiger charge is -2.35. The maximum absolute atomic E-state index is 12.5. The van der Waals surface area contributed by atoms with Crippen molar-refractivity contribution in [1.29, 1.82) is 0 Å². The monoisotopic (exact) mass is 474 g/mol. The number of aliphatic imine (C=N–C) groups is 1. The van der Waals surface area contributed by atoms with Crippen LogP contribution in [0.1, 0.15) is 12.8 Å². The fourth-order valence-electron chi connectivity index (χ4n) is 3.13. The van der Waals surface area contributed by atoms with Gasteiger partial charge in [-0.3, -0.25) is 14.5 Å². The van der Waals surface area contributed by atoms with Crippen LogP contribution in [-0.4, -0.2) is 73.0 Å². The van der Waals surface area contributed by atoms with E-state index in [4.69, 9.17) is 4.74 Å². The van der Waals surface area contributed by atoms with Gasteiger partial charge in [0, 0.05) is 39.9 Å². The minimum atomic E-state index is 0. The lowest BCUT2D eigenvalue weighted by Crippen LogP contribution is -2.55. The van der Waals surface area contributed by atoms with Crippen LogP contribution in [0.15, 0.2) is 29.0 Å². The smallest absolute Gasteiger partial charge is 0.246 e. The number of nitrogens with one attached hydrogen (secondary N) is 1. The van der Waals surface area contributed by atoms with E-state index >= 15 is 0 Å². The highest BCUT2D eigenvalue weighted by Gasteiger charge is 2.27. The number of carbonyl (C=O) groups excluding carboxylic acids is 1. The van der Waals surface area contributed by atoms with Gasteiger partial charge >= 0.3 is 0 Å². The SMILES string of the molecule is CN=C(NCCC1=CCOCC1)N1CCN(c2cnn(C)c2)C(=O)C1.I. The van der Waals surface area contributed by atoms with E-state index < -0.39 is 0 Å². The van der Waals surface area contributed by atoms with Gasteiger partial charge in [0.25, 0.3) is 0 Å². The lowest BCUT2D eigenvalue weighted by atomic mass is 10.1. The predicted molar refractivity (Wildman–Crippen MR) is 112 cm³/mol. The van der Waals surface area contributed by atoms with Crippen LogP contribution < -0.4 is 10.2 Å². The number of anilines is 1. The normalized spacial score (nSPS) is 18.5. The molecule has 1 fully saturated rings. The average molecular weight is 474 g/mol. The second-order valence-electron chi connectivity index (χ2n) is 6.25. The summed E-state index contributed by atoms with van der Waals surface area (Å²) in [6.45, 7) is 4.05. The second-order valence-corrected chi connectivity index (χ2v) is 6.25. The topological polar surface area (TPSA) is 75.0 Å². The van der Waals surface area contributed by atoms with Gasteiger partial charge in [-0.1, -0.05) is 11.6 Å². The molecule has 3 rings (SSSR count). The molecule has 1 N–H and O–H groups in total. The molecule has 1 saturated heterocycles. The number of guanidine groups is 1. The number of ether oxygens (including phenoxy) is 1. The zero-order valence-corrected chi connectivity index (χ0v) is 17.7. The van der Waals surface area contributed by atoms with Gasteiger partial charge in [0.2, 0.25) is 5.91 Å². The molecule has 2 aliphatic rings. The van der Waals surface area contributed by atoms with Gasteiger partial charge in [0.1, 0.15) is 6.54 Å². The van der Waals surface area contributed by atoms with E-state index in [2.05, 4.69) is 21.5 Å². The third-order valence-electron chi connectivity index (χ3n) is 4.52. The number of aryl methyl sites for hydroxylation is 1. The molecule has 26 heavy (non-hydrogen) atoms. The van der Waals surface area contributed by atoms with Gasteiger partial charge in [0.05, 0.1) is 25.1 Å². The number of halogens is 1. The van der Waals surface area contributed by atoms with E-state index in [1.54, 1.807) is 22.8 Å². The van der Waals surface area contributed by atoms with Crippen molar-refractivity contribution in [2.45, 2.75) is 12.8 Å². The van der Waals surface area contributed by atoms with Crippen molar-refractivity contribution < 1.29 is 9.53 Å². The number of piperazine rings is 1. The van der Waals surface area contributed by atoms with Crippen LogP contribution in [0.2, 0.25) is 0 Å². The molecule has 0 aromatic carbocycles. The zero-order valence-electron chi connectivity index (χ0n) is 15.3. The minimum Gasteiger partial charge on any atom is -0.377 e. The third kappa shape index (κ3) is 5.19. The summed E-state index contributed by atoms with van der Waals surface area (Å²) in [4.78, 5) is 20.6. The van der Waals surface area contributed by atoms with Crippen molar-refractivity contribution in [3.05, 3.63) is 24.0 Å². The Bertz CT molecular complexity index is 672. The molecule has 144 valence electrons. The maximum atomic E-state index is 12.5. The number of nitrogens with zero attached hydrogens (tertiary/aromatic N) is 5. The van der Waals surface area contributed by atoms with Crippen LogP contribution >= 0.6 is 24.0 Å². The molecule has 0 atom stereocenters. The van der Waals surface area contributed by atoms with Crippen molar-refractivity contribution >= 4 is 41.5 Å². The Morgan fingerprint density at radius 2 is 2.27 bits per heavy atom. The Kier molecular flexibility index (Phi) is 7.88. The Morgan fingerprint density at radius 3 is 2.88 bits per heavy atom.